The van der Waals surface area contributed by atoms with E-state index in [1.165, 1.54) is 17.1 Å². The summed E-state index contributed by atoms with van der Waals surface area (Å²) in [5.41, 5.74) is 7.73. The van der Waals surface area contributed by atoms with Crippen molar-refractivity contribution in [2.75, 3.05) is 11.9 Å². The van der Waals surface area contributed by atoms with Gasteiger partial charge in [-0.15, -0.1) is 24.0 Å². The van der Waals surface area contributed by atoms with Crippen LogP contribution in [-0.2, 0) is 6.54 Å². The van der Waals surface area contributed by atoms with Crippen molar-refractivity contribution in [3.63, 3.8) is 0 Å². The maximum atomic E-state index is 10.5. The topological polar surface area (TPSA) is 111 Å². The van der Waals surface area contributed by atoms with Crippen LogP contribution in [0, 0.1) is 17.0 Å². The van der Waals surface area contributed by atoms with Crippen LogP contribution in [0.25, 0.3) is 0 Å². The first-order valence-electron chi connectivity index (χ1n) is 6.35. The van der Waals surface area contributed by atoms with Gasteiger partial charge in [0.15, 0.2) is 5.96 Å². The number of nitrogens with one attached hydrogen (secondary N) is 1. The molecule has 3 N–H and O–H groups in total. The first kappa shape index (κ1) is 17.9. The number of nitrogens with two attached hydrogens (primary N) is 1. The van der Waals surface area contributed by atoms with Gasteiger partial charge in [-0.2, -0.15) is 5.10 Å². The molecular weight excluding hydrogens is 399 g/mol. The van der Waals surface area contributed by atoms with Gasteiger partial charge in [-0.05, 0) is 24.6 Å². The maximum Gasteiger partial charge on any atom is 0.306 e. The molecule has 0 saturated carbocycles. The number of guanidine groups is 1. The number of aliphatic imine (C=N–C) groups is 1. The highest BCUT2D eigenvalue weighted by Crippen LogP contribution is 2.09. The number of nitrogens with zero attached hydrogens (tertiary/aromatic N) is 4. The Morgan fingerprint density at radius 3 is 2.95 bits per heavy atom. The molecule has 1 heterocycles. The average Bonchev–Trinajstić information content (AvgIpc) is 2.87. The minimum Gasteiger partial charge on any atom is -0.370 e. The minimum atomic E-state index is -0.486. The summed E-state index contributed by atoms with van der Waals surface area (Å²) in [7, 11) is 0. The van der Waals surface area contributed by atoms with E-state index in [9.17, 15) is 10.1 Å². The smallest absolute Gasteiger partial charge is 0.306 e. The van der Waals surface area contributed by atoms with Gasteiger partial charge in [-0.1, -0.05) is 12.1 Å². The SMILES string of the molecule is Cc1cccc(NC(N)=NCCn2cc([N+](=O)[O-])cn2)c1.I. The quantitative estimate of drug-likeness (QED) is 0.255. The molecule has 0 fully saturated rings. The lowest BCUT2D eigenvalue weighted by atomic mass is 10.2. The second kappa shape index (κ2) is 8.32. The number of halogens is 1. The van der Waals surface area contributed by atoms with E-state index in [1.54, 1.807) is 0 Å². The van der Waals surface area contributed by atoms with Gasteiger partial charge in [0.2, 0.25) is 0 Å². The molecule has 0 spiro atoms. The van der Waals surface area contributed by atoms with E-state index in [0.717, 1.165) is 11.3 Å². The molecule has 0 atom stereocenters. The summed E-state index contributed by atoms with van der Waals surface area (Å²) in [6, 6.07) is 7.77. The van der Waals surface area contributed by atoms with Gasteiger partial charge >= 0.3 is 5.69 Å². The van der Waals surface area contributed by atoms with Crippen LogP contribution in [-0.4, -0.2) is 27.2 Å². The Labute approximate surface area is 144 Å². The molecule has 0 aliphatic heterocycles. The van der Waals surface area contributed by atoms with Crippen molar-refractivity contribution < 1.29 is 4.92 Å². The summed E-state index contributed by atoms with van der Waals surface area (Å²) in [5.74, 6) is 0.294. The van der Waals surface area contributed by atoms with E-state index in [0.29, 0.717) is 19.0 Å². The molecule has 1 aromatic carbocycles. The van der Waals surface area contributed by atoms with E-state index in [1.807, 2.05) is 31.2 Å². The Morgan fingerprint density at radius 2 is 2.32 bits per heavy atom. The molecule has 9 heteroatoms. The molecule has 0 radical (unpaired) electrons. The van der Waals surface area contributed by atoms with Gasteiger partial charge in [0, 0.05) is 5.69 Å². The molecule has 0 amide bonds. The molecule has 0 unspecified atom stereocenters. The van der Waals surface area contributed by atoms with Crippen LogP contribution < -0.4 is 11.1 Å². The summed E-state index contributed by atoms with van der Waals surface area (Å²) in [6.45, 7) is 2.79. The Bertz CT molecular complexity index is 670. The largest absolute Gasteiger partial charge is 0.370 e. The van der Waals surface area contributed by atoms with E-state index in [2.05, 4.69) is 15.4 Å². The number of aromatic nitrogens is 2. The summed E-state index contributed by atoms with van der Waals surface area (Å²) in [5, 5.41) is 17.4. The van der Waals surface area contributed by atoms with Crippen molar-refractivity contribution in [1.82, 2.24) is 9.78 Å². The van der Waals surface area contributed by atoms with E-state index < -0.39 is 4.92 Å². The third-order valence-electron chi connectivity index (χ3n) is 2.73. The number of hydrogen-bond donors (Lipinski definition) is 2. The molecular formula is C13H17IN6O2. The van der Waals surface area contributed by atoms with Crippen molar-refractivity contribution in [2.24, 2.45) is 10.7 Å². The highest BCUT2D eigenvalue weighted by molar-refractivity contribution is 14.0. The molecule has 0 bridgehead atoms. The first-order chi connectivity index (χ1) is 10.0. The molecule has 118 valence electrons. The third-order valence-corrected chi connectivity index (χ3v) is 2.73. The lowest BCUT2D eigenvalue weighted by Crippen LogP contribution is -2.23. The van der Waals surface area contributed by atoms with Gasteiger partial charge in [0.25, 0.3) is 0 Å². The van der Waals surface area contributed by atoms with E-state index >= 15 is 0 Å². The standard InChI is InChI=1S/C13H16N6O2.HI/c1-10-3-2-4-11(7-10)17-13(14)15-5-6-18-9-12(8-16-18)19(20)21;/h2-4,7-9H,5-6H2,1H3,(H3,14,15,17);1H. The van der Waals surface area contributed by atoms with Gasteiger partial charge in [-0.25, -0.2) is 0 Å². The van der Waals surface area contributed by atoms with Gasteiger partial charge in [0.1, 0.15) is 12.4 Å². The summed E-state index contributed by atoms with van der Waals surface area (Å²) in [4.78, 5) is 14.2. The zero-order valence-electron chi connectivity index (χ0n) is 12.0. The number of benzene rings is 1. The number of aryl methyl sites for hydroxylation is 1. The Morgan fingerprint density at radius 1 is 1.55 bits per heavy atom. The van der Waals surface area contributed by atoms with Crippen LogP contribution in [0.4, 0.5) is 11.4 Å². The lowest BCUT2D eigenvalue weighted by Gasteiger charge is -2.06. The number of anilines is 1. The minimum absolute atomic E-state index is 0. The van der Waals surface area contributed by atoms with E-state index in [-0.39, 0.29) is 29.7 Å². The number of nitro groups is 1. The lowest BCUT2D eigenvalue weighted by molar-refractivity contribution is -0.385. The normalized spacial score (nSPS) is 10.9. The van der Waals surface area contributed by atoms with Gasteiger partial charge in [0.05, 0.1) is 18.0 Å². The average molecular weight is 416 g/mol. The third kappa shape index (κ3) is 5.31. The fraction of sp³-hybridized carbons (Fsp3) is 0.231. The highest BCUT2D eigenvalue weighted by Gasteiger charge is 2.07. The highest BCUT2D eigenvalue weighted by atomic mass is 127. The van der Waals surface area contributed by atoms with Crippen LogP contribution in [0.5, 0.6) is 0 Å². The van der Waals surface area contributed by atoms with Crippen LogP contribution in [0.1, 0.15) is 5.56 Å². The van der Waals surface area contributed by atoms with Crippen LogP contribution in [0.2, 0.25) is 0 Å². The fourth-order valence-electron chi connectivity index (χ4n) is 1.75. The Balaban J connectivity index is 0.00000242. The molecule has 2 rings (SSSR count). The second-order valence-corrected chi connectivity index (χ2v) is 4.48. The predicted octanol–water partition coefficient (Wildman–Crippen LogP) is 2.14. The zero-order chi connectivity index (χ0) is 15.2. The molecule has 22 heavy (non-hydrogen) atoms. The Hall–Kier alpha value is -2.17. The van der Waals surface area contributed by atoms with Crippen molar-refractivity contribution in [1.29, 1.82) is 0 Å². The summed E-state index contributed by atoms with van der Waals surface area (Å²) < 4.78 is 1.46. The fourth-order valence-corrected chi connectivity index (χ4v) is 1.75. The van der Waals surface area contributed by atoms with E-state index in [4.69, 9.17) is 5.73 Å². The van der Waals surface area contributed by atoms with Crippen LogP contribution in [0.3, 0.4) is 0 Å². The Kier molecular flexibility index (Phi) is 6.76. The molecule has 8 nitrogen and oxygen atoms in total. The van der Waals surface area contributed by atoms with Crippen LogP contribution in [0.15, 0.2) is 41.7 Å². The van der Waals surface area contributed by atoms with Crippen LogP contribution >= 0.6 is 24.0 Å². The molecule has 0 saturated heterocycles. The number of hydrogen-bond acceptors (Lipinski definition) is 4. The zero-order valence-corrected chi connectivity index (χ0v) is 14.3. The van der Waals surface area contributed by atoms with Crippen molar-refractivity contribution in [2.45, 2.75) is 13.5 Å². The van der Waals surface area contributed by atoms with Crippen molar-refractivity contribution in [3.05, 3.63) is 52.3 Å². The first-order valence-corrected chi connectivity index (χ1v) is 6.35. The number of rotatable bonds is 5. The molecule has 0 aliphatic carbocycles. The summed E-state index contributed by atoms with van der Waals surface area (Å²) in [6.07, 6.45) is 2.57. The monoisotopic (exact) mass is 416 g/mol. The van der Waals surface area contributed by atoms with Crippen molar-refractivity contribution in [3.8, 4) is 0 Å². The van der Waals surface area contributed by atoms with Gasteiger partial charge < -0.3 is 11.1 Å². The van der Waals surface area contributed by atoms with Gasteiger partial charge in [-0.3, -0.25) is 19.8 Å². The molecule has 1 aromatic heterocycles. The van der Waals surface area contributed by atoms with Crippen molar-refractivity contribution >= 4 is 41.3 Å². The summed E-state index contributed by atoms with van der Waals surface area (Å²) >= 11 is 0. The predicted molar refractivity (Wildman–Crippen MR) is 95.6 cm³/mol. The molecule has 2 aromatic rings. The molecule has 0 aliphatic rings. The maximum absolute atomic E-state index is 10.5. The second-order valence-electron chi connectivity index (χ2n) is 4.48.